The first kappa shape index (κ1) is 19.3. The van der Waals surface area contributed by atoms with Crippen molar-refractivity contribution in [2.24, 2.45) is 0 Å². The topological polar surface area (TPSA) is 135 Å². The number of nitrogens with one attached hydrogen (secondary N) is 3. The Balaban J connectivity index is 1.92. The summed E-state index contributed by atoms with van der Waals surface area (Å²) in [5.74, 6) is 0. The predicted molar refractivity (Wildman–Crippen MR) is 105 cm³/mol. The van der Waals surface area contributed by atoms with Gasteiger partial charge in [0.1, 0.15) is 6.07 Å². The lowest BCUT2D eigenvalue weighted by Gasteiger charge is -2.13. The van der Waals surface area contributed by atoms with Crippen molar-refractivity contribution in [3.05, 3.63) is 59.3 Å². The highest BCUT2D eigenvalue weighted by Crippen LogP contribution is 2.30. The first-order valence-electron chi connectivity index (χ1n) is 8.36. The molecule has 1 aromatic heterocycles. The molecule has 28 heavy (non-hydrogen) atoms. The van der Waals surface area contributed by atoms with Crippen LogP contribution < -0.4 is 10.0 Å². The summed E-state index contributed by atoms with van der Waals surface area (Å²) < 4.78 is 28.1. The van der Waals surface area contributed by atoms with Gasteiger partial charge in [0.25, 0.3) is 10.0 Å². The van der Waals surface area contributed by atoms with E-state index in [4.69, 9.17) is 5.11 Å². The van der Waals surface area contributed by atoms with E-state index in [9.17, 15) is 18.5 Å². The molecule has 1 atom stereocenters. The van der Waals surface area contributed by atoms with Crippen LogP contribution >= 0.6 is 0 Å². The van der Waals surface area contributed by atoms with Gasteiger partial charge in [-0.1, -0.05) is 18.2 Å². The Kier molecular flexibility index (Phi) is 4.98. The molecule has 8 nitrogen and oxygen atoms in total. The number of carbonyl (C=O) groups is 1. The summed E-state index contributed by atoms with van der Waals surface area (Å²) in [5.41, 5.74) is 2.82. The van der Waals surface area contributed by atoms with Crippen LogP contribution in [0, 0.1) is 18.3 Å². The molecule has 9 heteroatoms. The molecule has 2 aromatic carbocycles. The van der Waals surface area contributed by atoms with E-state index in [0.29, 0.717) is 27.7 Å². The van der Waals surface area contributed by atoms with E-state index in [-0.39, 0.29) is 4.90 Å². The Labute approximate surface area is 161 Å². The molecule has 0 aliphatic carbocycles. The monoisotopic (exact) mass is 398 g/mol. The van der Waals surface area contributed by atoms with E-state index in [0.717, 1.165) is 5.56 Å². The van der Waals surface area contributed by atoms with Gasteiger partial charge in [0.15, 0.2) is 0 Å². The Bertz CT molecular complexity index is 1190. The molecule has 0 unspecified atom stereocenters. The van der Waals surface area contributed by atoms with Crippen LogP contribution in [-0.4, -0.2) is 24.6 Å². The average molecular weight is 398 g/mol. The third kappa shape index (κ3) is 3.63. The minimum absolute atomic E-state index is 0.0413. The molecule has 1 heterocycles. The molecular weight excluding hydrogens is 380 g/mol. The smallest absolute Gasteiger partial charge is 0.405 e. The van der Waals surface area contributed by atoms with Crippen molar-refractivity contribution in [3.63, 3.8) is 0 Å². The Morgan fingerprint density at radius 3 is 2.50 bits per heavy atom. The van der Waals surface area contributed by atoms with E-state index in [1.165, 1.54) is 12.1 Å². The number of aromatic amines is 1. The van der Waals surface area contributed by atoms with Crippen LogP contribution in [0.2, 0.25) is 0 Å². The molecule has 0 fully saturated rings. The number of hydrogen-bond donors (Lipinski definition) is 4. The fourth-order valence-corrected chi connectivity index (χ4v) is 4.07. The number of fused-ring (bicyclic) bond motifs is 1. The van der Waals surface area contributed by atoms with Crippen LogP contribution in [-0.2, 0) is 10.0 Å². The molecule has 0 aliphatic heterocycles. The molecule has 3 rings (SSSR count). The molecule has 3 aromatic rings. The number of sulfonamides is 1. The van der Waals surface area contributed by atoms with Crippen molar-refractivity contribution < 1.29 is 18.3 Å². The third-order valence-corrected chi connectivity index (χ3v) is 5.82. The fraction of sp³-hybridized carbons (Fsp3) is 0.158. The number of nitrogens with zero attached hydrogens (tertiary/aromatic N) is 1. The van der Waals surface area contributed by atoms with Crippen molar-refractivity contribution in [1.82, 2.24) is 10.3 Å². The highest BCUT2D eigenvalue weighted by atomic mass is 32.2. The van der Waals surface area contributed by atoms with Crippen LogP contribution in [0.1, 0.15) is 29.7 Å². The van der Waals surface area contributed by atoms with E-state index in [1.807, 2.05) is 6.92 Å². The summed E-state index contributed by atoms with van der Waals surface area (Å²) in [7, 11) is -3.87. The second-order valence-electron chi connectivity index (χ2n) is 6.34. The second kappa shape index (κ2) is 7.25. The van der Waals surface area contributed by atoms with Crippen LogP contribution in [0.4, 0.5) is 10.5 Å². The standard InChI is InChI=1S/C19H18N4O4S/c1-11-3-8-16(18-17(11)14(9-20)10-21-18)23-28(26,27)15-6-4-13(5-7-15)12(2)22-19(24)25/h3-8,10,12,21-23H,1-2H3,(H,24,25)/t12-/m1/s1. The zero-order chi connectivity index (χ0) is 20.5. The average Bonchev–Trinajstić information content (AvgIpc) is 3.09. The lowest BCUT2D eigenvalue weighted by Crippen LogP contribution is -2.24. The van der Waals surface area contributed by atoms with Gasteiger partial charge in [-0.2, -0.15) is 5.26 Å². The Morgan fingerprint density at radius 1 is 1.21 bits per heavy atom. The number of amides is 1. The van der Waals surface area contributed by atoms with Gasteiger partial charge in [-0.25, -0.2) is 13.2 Å². The lowest BCUT2D eigenvalue weighted by molar-refractivity contribution is 0.191. The molecule has 0 saturated carbocycles. The van der Waals surface area contributed by atoms with Gasteiger partial charge in [-0.05, 0) is 43.2 Å². The van der Waals surface area contributed by atoms with Crippen molar-refractivity contribution >= 4 is 32.7 Å². The lowest BCUT2D eigenvalue weighted by atomic mass is 10.1. The molecule has 1 amide bonds. The van der Waals surface area contributed by atoms with E-state index >= 15 is 0 Å². The summed E-state index contributed by atoms with van der Waals surface area (Å²) in [4.78, 5) is 13.7. The summed E-state index contributed by atoms with van der Waals surface area (Å²) in [6.07, 6.45) is 0.387. The van der Waals surface area contributed by atoms with Gasteiger partial charge in [0.2, 0.25) is 0 Å². The molecule has 144 valence electrons. The first-order chi connectivity index (χ1) is 13.2. The highest BCUT2D eigenvalue weighted by Gasteiger charge is 2.18. The number of carboxylic acid groups (broad SMARTS) is 1. The quantitative estimate of drug-likeness (QED) is 0.522. The molecule has 0 spiro atoms. The zero-order valence-corrected chi connectivity index (χ0v) is 16.0. The summed E-state index contributed by atoms with van der Waals surface area (Å²) in [6, 6.07) is 10.9. The largest absolute Gasteiger partial charge is 0.465 e. The summed E-state index contributed by atoms with van der Waals surface area (Å²) in [6.45, 7) is 3.51. The number of hydrogen-bond acceptors (Lipinski definition) is 4. The van der Waals surface area contributed by atoms with Crippen molar-refractivity contribution in [3.8, 4) is 6.07 Å². The SMILES string of the molecule is Cc1ccc(NS(=O)(=O)c2ccc([C@@H](C)NC(=O)O)cc2)c2[nH]cc(C#N)c12. The normalized spacial score (nSPS) is 12.3. The summed E-state index contributed by atoms with van der Waals surface area (Å²) >= 11 is 0. The number of benzene rings is 2. The third-order valence-electron chi connectivity index (χ3n) is 4.44. The number of aryl methyl sites for hydroxylation is 1. The minimum Gasteiger partial charge on any atom is -0.465 e. The molecular formula is C19H18N4O4S. The number of H-pyrrole nitrogens is 1. The first-order valence-corrected chi connectivity index (χ1v) is 9.84. The van der Waals surface area contributed by atoms with Gasteiger partial charge in [-0.15, -0.1) is 0 Å². The van der Waals surface area contributed by atoms with Gasteiger partial charge in [0.05, 0.1) is 27.7 Å². The summed E-state index contributed by atoms with van der Waals surface area (Å²) in [5, 5.41) is 21.0. The predicted octanol–water partition coefficient (Wildman–Crippen LogP) is 3.48. The van der Waals surface area contributed by atoms with Crippen molar-refractivity contribution in [2.45, 2.75) is 24.8 Å². The molecule has 0 bridgehead atoms. The maximum Gasteiger partial charge on any atom is 0.405 e. The highest BCUT2D eigenvalue weighted by molar-refractivity contribution is 7.92. The molecule has 4 N–H and O–H groups in total. The molecule has 0 saturated heterocycles. The van der Waals surface area contributed by atoms with Crippen LogP contribution in [0.15, 0.2) is 47.5 Å². The maximum absolute atomic E-state index is 12.8. The van der Waals surface area contributed by atoms with Crippen LogP contribution in [0.25, 0.3) is 10.9 Å². The van der Waals surface area contributed by atoms with E-state index in [1.54, 1.807) is 37.4 Å². The minimum atomic E-state index is -3.87. The second-order valence-corrected chi connectivity index (χ2v) is 8.02. The number of aromatic nitrogens is 1. The fourth-order valence-electron chi connectivity index (χ4n) is 3.00. The van der Waals surface area contributed by atoms with E-state index in [2.05, 4.69) is 21.1 Å². The van der Waals surface area contributed by atoms with Crippen molar-refractivity contribution in [1.29, 1.82) is 5.26 Å². The zero-order valence-electron chi connectivity index (χ0n) is 15.1. The maximum atomic E-state index is 12.8. The number of anilines is 1. The van der Waals surface area contributed by atoms with Crippen LogP contribution in [0.5, 0.6) is 0 Å². The van der Waals surface area contributed by atoms with Gasteiger partial charge in [0, 0.05) is 11.6 Å². The van der Waals surface area contributed by atoms with Gasteiger partial charge < -0.3 is 15.4 Å². The van der Waals surface area contributed by atoms with Crippen LogP contribution in [0.3, 0.4) is 0 Å². The van der Waals surface area contributed by atoms with E-state index < -0.39 is 22.2 Å². The number of rotatable bonds is 5. The number of nitriles is 1. The molecule has 0 radical (unpaired) electrons. The van der Waals surface area contributed by atoms with Gasteiger partial charge >= 0.3 is 6.09 Å². The molecule has 0 aliphatic rings. The van der Waals surface area contributed by atoms with Gasteiger partial charge in [-0.3, -0.25) is 4.72 Å². The van der Waals surface area contributed by atoms with Crippen molar-refractivity contribution in [2.75, 3.05) is 4.72 Å². The Morgan fingerprint density at radius 2 is 1.89 bits per heavy atom. The Hall–Kier alpha value is -3.51.